The zero-order valence-electron chi connectivity index (χ0n) is 23.0. The molecule has 0 unspecified atom stereocenters. The molecule has 4 aromatic rings. The fraction of sp³-hybridized carbons (Fsp3) is 0.407. The van der Waals surface area contributed by atoms with Crippen LogP contribution in [-0.2, 0) is 7.05 Å². The lowest BCUT2D eigenvalue weighted by molar-refractivity contribution is -0.660. The Morgan fingerprint density at radius 2 is 1.83 bits per heavy atom. The molecule has 0 radical (unpaired) electrons. The second kappa shape index (κ2) is 7.54. The van der Waals surface area contributed by atoms with E-state index in [0.29, 0.717) is 23.6 Å². The summed E-state index contributed by atoms with van der Waals surface area (Å²) in [5.41, 5.74) is 5.33. The molecule has 0 N–H and O–H groups in total. The van der Waals surface area contributed by atoms with Crippen LogP contribution in [0, 0.1) is 6.92 Å². The largest absolute Gasteiger partial charge is 0.437 e. The Morgan fingerprint density at radius 3 is 2.57 bits per heavy atom. The Labute approximate surface area is 185 Å². The normalized spacial score (nSPS) is 22.4. The third-order valence-electron chi connectivity index (χ3n) is 6.01. The van der Waals surface area contributed by atoms with Crippen molar-refractivity contribution in [1.82, 2.24) is 4.98 Å². The van der Waals surface area contributed by atoms with Gasteiger partial charge in [-0.05, 0) is 49.4 Å². The highest BCUT2D eigenvalue weighted by molar-refractivity contribution is 6.08. The smallest absolute Gasteiger partial charge is 0.227 e. The summed E-state index contributed by atoms with van der Waals surface area (Å²) in [5.74, 6) is -1.70. The third-order valence-corrected chi connectivity index (χ3v) is 6.01. The molecule has 0 spiro atoms. The number of pyridine rings is 2. The summed E-state index contributed by atoms with van der Waals surface area (Å²) in [6.07, 6.45) is -1.30. The number of hydrogen-bond acceptors (Lipinski definition) is 2. The van der Waals surface area contributed by atoms with Gasteiger partial charge in [-0.25, -0.2) is 9.55 Å². The van der Waals surface area contributed by atoms with Crippen LogP contribution in [0.15, 0.2) is 47.0 Å². The van der Waals surface area contributed by atoms with Gasteiger partial charge in [0.2, 0.25) is 11.4 Å². The number of aromatic nitrogens is 2. The quantitative estimate of drug-likeness (QED) is 0.346. The standard InChI is InChI=1S/C27H31N2O/c1-17(2)20-11-15-24(29(4)16-20)25-18(3)10-12-21-22-13-14-23(19-8-6-5-7-9-19)28-27(22)30-26(21)25/h10-17,19H,5-9H2,1-4H3/q+1/i8D2,9D2,19D. The molecule has 3 heterocycles. The minimum absolute atomic E-state index is 0.0730. The van der Waals surface area contributed by atoms with Gasteiger partial charge in [0.25, 0.3) is 0 Å². The number of nitrogens with zero attached hydrogens (tertiary/aromatic N) is 2. The van der Waals surface area contributed by atoms with Gasteiger partial charge < -0.3 is 4.42 Å². The molecule has 0 amide bonds. The van der Waals surface area contributed by atoms with E-state index in [0.717, 1.165) is 27.6 Å². The molecular weight excluding hydrogens is 368 g/mol. The van der Waals surface area contributed by atoms with Crippen LogP contribution in [0.2, 0.25) is 0 Å². The number of furan rings is 1. The van der Waals surface area contributed by atoms with E-state index in [-0.39, 0.29) is 18.5 Å². The summed E-state index contributed by atoms with van der Waals surface area (Å²) < 4.78 is 51.4. The Morgan fingerprint density at radius 1 is 1.07 bits per heavy atom. The molecule has 1 saturated carbocycles. The van der Waals surface area contributed by atoms with E-state index in [9.17, 15) is 0 Å². The van der Waals surface area contributed by atoms with E-state index in [2.05, 4.69) is 47.8 Å². The summed E-state index contributed by atoms with van der Waals surface area (Å²) in [6, 6.07) is 11.7. The van der Waals surface area contributed by atoms with Crippen molar-refractivity contribution in [2.45, 2.75) is 64.6 Å². The van der Waals surface area contributed by atoms with Gasteiger partial charge in [-0.3, -0.25) is 0 Å². The summed E-state index contributed by atoms with van der Waals surface area (Å²) in [4.78, 5) is 4.58. The SMILES string of the molecule is [2H]C1([2H])CCCC([2H])([2H])C1([2H])c1ccc2c(n1)oc1c(-c3ccc(C(C)C)c[n+]3C)c(C)ccc12. The maximum Gasteiger partial charge on any atom is 0.227 e. The van der Waals surface area contributed by atoms with Crippen molar-refractivity contribution >= 4 is 22.1 Å². The molecule has 1 fully saturated rings. The molecule has 154 valence electrons. The summed E-state index contributed by atoms with van der Waals surface area (Å²) in [7, 11) is 2.02. The summed E-state index contributed by atoms with van der Waals surface area (Å²) >= 11 is 0. The fourth-order valence-electron chi connectivity index (χ4n) is 4.27. The highest BCUT2D eigenvalue weighted by atomic mass is 16.3. The van der Waals surface area contributed by atoms with Crippen LogP contribution in [0.3, 0.4) is 0 Å². The highest BCUT2D eigenvalue weighted by Gasteiger charge is 2.23. The lowest BCUT2D eigenvalue weighted by Crippen LogP contribution is -2.31. The summed E-state index contributed by atoms with van der Waals surface area (Å²) in [6.45, 7) is 6.38. The zero-order valence-corrected chi connectivity index (χ0v) is 18.0. The average molecular weight is 405 g/mol. The van der Waals surface area contributed by atoms with Gasteiger partial charge in [-0.2, -0.15) is 0 Å². The monoisotopic (exact) mass is 404 g/mol. The average Bonchev–Trinajstić information content (AvgIpc) is 3.15. The van der Waals surface area contributed by atoms with E-state index in [1.54, 1.807) is 12.1 Å². The molecule has 3 heteroatoms. The van der Waals surface area contributed by atoms with Crippen molar-refractivity contribution in [3.05, 3.63) is 59.4 Å². The number of benzene rings is 1. The van der Waals surface area contributed by atoms with Crippen LogP contribution < -0.4 is 4.57 Å². The third kappa shape index (κ3) is 3.21. The molecule has 1 aromatic carbocycles. The Hall–Kier alpha value is -2.68. The molecule has 3 nitrogen and oxygen atoms in total. The van der Waals surface area contributed by atoms with E-state index in [1.165, 1.54) is 5.56 Å². The Balaban J connectivity index is 1.73. The van der Waals surface area contributed by atoms with Crippen LogP contribution in [0.4, 0.5) is 0 Å². The minimum Gasteiger partial charge on any atom is -0.437 e. The second-order valence-electron chi connectivity index (χ2n) is 8.48. The van der Waals surface area contributed by atoms with Crippen LogP contribution in [-0.4, -0.2) is 4.98 Å². The molecule has 0 bridgehead atoms. The Kier molecular flexibility index (Phi) is 3.60. The van der Waals surface area contributed by atoms with Crippen LogP contribution in [0.25, 0.3) is 33.3 Å². The van der Waals surface area contributed by atoms with E-state index in [1.807, 2.05) is 20.0 Å². The van der Waals surface area contributed by atoms with Crippen LogP contribution in [0.1, 0.15) is 81.3 Å². The topological polar surface area (TPSA) is 29.9 Å². The van der Waals surface area contributed by atoms with E-state index >= 15 is 0 Å². The van der Waals surface area contributed by atoms with Crippen LogP contribution >= 0.6 is 0 Å². The number of hydrogen-bond donors (Lipinski definition) is 0. The lowest BCUT2D eigenvalue weighted by Gasteiger charge is -2.20. The molecule has 5 rings (SSSR count). The first-order valence-corrected chi connectivity index (χ1v) is 10.7. The predicted molar refractivity (Wildman–Crippen MR) is 123 cm³/mol. The Bertz CT molecular complexity index is 1440. The molecular formula is C27H31N2O+. The first kappa shape index (κ1) is 14.3. The predicted octanol–water partition coefficient (Wildman–Crippen LogP) is 6.95. The van der Waals surface area contributed by atoms with Gasteiger partial charge in [0.1, 0.15) is 7.05 Å². The molecule has 3 aromatic heterocycles. The minimum atomic E-state index is -2.12. The van der Waals surface area contributed by atoms with Crippen molar-refractivity contribution in [2.75, 3.05) is 0 Å². The van der Waals surface area contributed by atoms with Gasteiger partial charge in [0.15, 0.2) is 11.8 Å². The summed E-state index contributed by atoms with van der Waals surface area (Å²) in [5, 5.41) is 1.66. The molecule has 1 aliphatic rings. The maximum atomic E-state index is 9.01. The van der Waals surface area contributed by atoms with Crippen molar-refractivity contribution < 1.29 is 15.8 Å². The lowest BCUT2D eigenvalue weighted by atomic mass is 9.86. The van der Waals surface area contributed by atoms with E-state index < -0.39 is 18.6 Å². The number of fused-ring (bicyclic) bond motifs is 3. The van der Waals surface area contributed by atoms with Crippen LogP contribution in [0.5, 0.6) is 0 Å². The molecule has 1 aliphatic carbocycles. The highest BCUT2D eigenvalue weighted by Crippen LogP contribution is 2.38. The number of rotatable bonds is 3. The first-order valence-electron chi connectivity index (χ1n) is 13.2. The van der Waals surface area contributed by atoms with Gasteiger partial charge in [0, 0.05) is 40.8 Å². The van der Waals surface area contributed by atoms with Crippen molar-refractivity contribution in [1.29, 1.82) is 0 Å². The van der Waals surface area contributed by atoms with Gasteiger partial charge >= 0.3 is 0 Å². The van der Waals surface area contributed by atoms with Crippen molar-refractivity contribution in [3.63, 3.8) is 0 Å². The molecule has 0 saturated heterocycles. The number of aryl methyl sites for hydroxylation is 2. The van der Waals surface area contributed by atoms with Gasteiger partial charge in [-0.1, -0.05) is 45.2 Å². The molecule has 30 heavy (non-hydrogen) atoms. The van der Waals surface area contributed by atoms with Crippen molar-refractivity contribution in [2.24, 2.45) is 7.05 Å². The first-order chi connectivity index (χ1) is 16.4. The van der Waals surface area contributed by atoms with Gasteiger partial charge in [-0.15, -0.1) is 0 Å². The zero-order chi connectivity index (χ0) is 25.3. The second-order valence-corrected chi connectivity index (χ2v) is 8.48. The fourth-order valence-corrected chi connectivity index (χ4v) is 4.27. The van der Waals surface area contributed by atoms with Crippen molar-refractivity contribution in [3.8, 4) is 11.3 Å². The van der Waals surface area contributed by atoms with E-state index in [4.69, 9.17) is 11.3 Å². The molecule has 0 atom stereocenters. The van der Waals surface area contributed by atoms with Gasteiger partial charge in [0.05, 0.1) is 5.56 Å². The molecule has 0 aliphatic heterocycles. The maximum absolute atomic E-state index is 9.01.